The minimum Gasteiger partial charge on any atom is -0.484 e. The Morgan fingerprint density at radius 2 is 2.16 bits per heavy atom. The fraction of sp³-hybridized carbons (Fsp3) is 0.389. The van der Waals surface area contributed by atoms with E-state index in [9.17, 15) is 4.79 Å². The van der Waals surface area contributed by atoms with Crippen molar-refractivity contribution in [1.82, 2.24) is 15.5 Å². The smallest absolute Gasteiger partial charge is 0.255 e. The molecule has 3 N–H and O–H groups in total. The van der Waals surface area contributed by atoms with Crippen molar-refractivity contribution in [2.24, 2.45) is 5.73 Å². The fourth-order valence-corrected chi connectivity index (χ4v) is 3.04. The van der Waals surface area contributed by atoms with Gasteiger partial charge in [-0.1, -0.05) is 12.1 Å². The lowest BCUT2D eigenvalue weighted by atomic mass is 10.2. The predicted octanol–water partition coefficient (Wildman–Crippen LogP) is 1.10. The Kier molecular flexibility index (Phi) is 5.79. The largest absolute Gasteiger partial charge is 0.484 e. The maximum Gasteiger partial charge on any atom is 0.255 e. The van der Waals surface area contributed by atoms with E-state index in [4.69, 9.17) is 10.5 Å². The zero-order valence-corrected chi connectivity index (χ0v) is 14.1. The van der Waals surface area contributed by atoms with Crippen molar-refractivity contribution in [3.05, 3.63) is 48.2 Å². The van der Waals surface area contributed by atoms with Gasteiger partial charge in [-0.2, -0.15) is 5.10 Å². The van der Waals surface area contributed by atoms with Crippen LogP contribution in [-0.4, -0.2) is 41.8 Å². The number of nitrogens with two attached hydrogens (primary N) is 1. The van der Waals surface area contributed by atoms with Crippen LogP contribution >= 0.6 is 0 Å². The maximum atomic E-state index is 10.7. The van der Waals surface area contributed by atoms with Crippen molar-refractivity contribution < 1.29 is 9.53 Å². The van der Waals surface area contributed by atoms with E-state index in [0.29, 0.717) is 11.8 Å². The van der Waals surface area contributed by atoms with Gasteiger partial charge in [0.25, 0.3) is 5.91 Å². The summed E-state index contributed by atoms with van der Waals surface area (Å²) in [6, 6.07) is 12.0. The Bertz CT molecular complexity index is 678. The highest BCUT2D eigenvalue weighted by Crippen LogP contribution is 2.22. The Balaban J connectivity index is 1.46. The molecule has 1 aromatic carbocycles. The van der Waals surface area contributed by atoms with Gasteiger partial charge in [-0.05, 0) is 42.7 Å². The van der Waals surface area contributed by atoms with Gasteiger partial charge in [0, 0.05) is 31.9 Å². The molecule has 0 spiro atoms. The van der Waals surface area contributed by atoms with Gasteiger partial charge in [-0.15, -0.1) is 5.10 Å². The number of nitrogens with one attached hydrogen (secondary N) is 1. The first-order chi connectivity index (χ1) is 12.2. The summed E-state index contributed by atoms with van der Waals surface area (Å²) < 4.78 is 5.26. The molecule has 2 aromatic rings. The third kappa shape index (κ3) is 4.90. The highest BCUT2D eigenvalue weighted by Gasteiger charge is 2.25. The van der Waals surface area contributed by atoms with E-state index in [1.54, 1.807) is 6.20 Å². The zero-order valence-electron chi connectivity index (χ0n) is 14.1. The van der Waals surface area contributed by atoms with Crippen LogP contribution in [0.2, 0.25) is 0 Å². The number of ether oxygens (including phenoxy) is 1. The molecule has 0 saturated carbocycles. The standard InChI is InChI=1S/C18H23N5O2/c19-17(24)13-25-16-7-5-14(6-8-16)11-20-12-15-3-2-10-23(15)18-4-1-9-21-22-18/h1,4-9,15,20H,2-3,10-13H2,(H2,19,24)/t15-/m1/s1. The highest BCUT2D eigenvalue weighted by molar-refractivity contribution is 5.75. The SMILES string of the molecule is NC(=O)COc1ccc(CNC[C@H]2CCCN2c2cccnn2)cc1. The number of nitrogens with zero attached hydrogens (tertiary/aromatic N) is 3. The van der Waals surface area contributed by atoms with Crippen molar-refractivity contribution in [3.63, 3.8) is 0 Å². The second-order valence-corrected chi connectivity index (χ2v) is 6.10. The summed E-state index contributed by atoms with van der Waals surface area (Å²) in [5.74, 6) is 1.12. The molecule has 1 aliphatic heterocycles. The average Bonchev–Trinajstić information content (AvgIpc) is 3.10. The third-order valence-electron chi connectivity index (χ3n) is 4.24. The van der Waals surface area contributed by atoms with Gasteiger partial charge < -0.3 is 20.7 Å². The first kappa shape index (κ1) is 17.2. The van der Waals surface area contributed by atoms with Gasteiger partial charge in [0.15, 0.2) is 12.4 Å². The van der Waals surface area contributed by atoms with Crippen LogP contribution in [-0.2, 0) is 11.3 Å². The molecule has 1 fully saturated rings. The number of hydrogen-bond donors (Lipinski definition) is 2. The topological polar surface area (TPSA) is 93.4 Å². The molecule has 3 rings (SSSR count). The van der Waals surface area contributed by atoms with Gasteiger partial charge in [-0.25, -0.2) is 0 Å². The van der Waals surface area contributed by atoms with Crippen LogP contribution in [0.1, 0.15) is 18.4 Å². The van der Waals surface area contributed by atoms with Crippen molar-refractivity contribution in [2.75, 3.05) is 24.6 Å². The van der Waals surface area contributed by atoms with Crippen LogP contribution in [0.4, 0.5) is 5.82 Å². The average molecular weight is 341 g/mol. The van der Waals surface area contributed by atoms with E-state index < -0.39 is 5.91 Å². The minimum atomic E-state index is -0.477. The van der Waals surface area contributed by atoms with Crippen LogP contribution in [0.25, 0.3) is 0 Å². The molecular formula is C18H23N5O2. The van der Waals surface area contributed by atoms with Gasteiger partial charge in [-0.3, -0.25) is 4.79 Å². The van der Waals surface area contributed by atoms with Crippen LogP contribution in [0.3, 0.4) is 0 Å². The van der Waals surface area contributed by atoms with E-state index in [2.05, 4.69) is 20.4 Å². The Morgan fingerprint density at radius 3 is 2.88 bits per heavy atom. The predicted molar refractivity (Wildman–Crippen MR) is 95.2 cm³/mol. The summed E-state index contributed by atoms with van der Waals surface area (Å²) in [5, 5.41) is 11.7. The molecule has 1 aliphatic rings. The molecular weight excluding hydrogens is 318 g/mol. The molecule has 1 amide bonds. The van der Waals surface area contributed by atoms with E-state index in [-0.39, 0.29) is 6.61 Å². The van der Waals surface area contributed by atoms with Crippen molar-refractivity contribution in [3.8, 4) is 5.75 Å². The molecule has 0 bridgehead atoms. The summed E-state index contributed by atoms with van der Waals surface area (Å²) in [5.41, 5.74) is 6.23. The van der Waals surface area contributed by atoms with Crippen LogP contribution in [0, 0.1) is 0 Å². The molecule has 132 valence electrons. The van der Waals surface area contributed by atoms with Gasteiger partial charge >= 0.3 is 0 Å². The number of primary amides is 1. The molecule has 1 aromatic heterocycles. The molecule has 25 heavy (non-hydrogen) atoms. The first-order valence-corrected chi connectivity index (χ1v) is 8.47. The molecule has 0 aliphatic carbocycles. The Morgan fingerprint density at radius 1 is 1.32 bits per heavy atom. The van der Waals surface area contributed by atoms with E-state index >= 15 is 0 Å². The lowest BCUT2D eigenvalue weighted by Crippen LogP contribution is -2.38. The molecule has 0 unspecified atom stereocenters. The zero-order chi connectivity index (χ0) is 17.5. The summed E-state index contributed by atoms with van der Waals surface area (Å²) in [6.45, 7) is 2.60. The number of aromatic nitrogens is 2. The van der Waals surface area contributed by atoms with Gasteiger partial charge in [0.05, 0.1) is 0 Å². The fourth-order valence-electron chi connectivity index (χ4n) is 3.04. The number of anilines is 1. The van der Waals surface area contributed by atoms with Crippen LogP contribution in [0.5, 0.6) is 5.75 Å². The number of carbonyl (C=O) groups excluding carboxylic acids is 1. The highest BCUT2D eigenvalue weighted by atomic mass is 16.5. The number of amides is 1. The quantitative estimate of drug-likeness (QED) is 0.747. The van der Waals surface area contributed by atoms with Gasteiger partial charge in [0.2, 0.25) is 0 Å². The van der Waals surface area contributed by atoms with Crippen molar-refractivity contribution in [2.45, 2.75) is 25.4 Å². The molecule has 7 nitrogen and oxygen atoms in total. The van der Waals surface area contributed by atoms with E-state index in [0.717, 1.165) is 37.4 Å². The molecule has 1 saturated heterocycles. The summed E-state index contributed by atoms with van der Waals surface area (Å²) in [6.07, 6.45) is 4.03. The summed E-state index contributed by atoms with van der Waals surface area (Å²) in [7, 11) is 0. The maximum absolute atomic E-state index is 10.7. The minimum absolute atomic E-state index is 0.0997. The lowest BCUT2D eigenvalue weighted by molar-refractivity contribution is -0.119. The van der Waals surface area contributed by atoms with Crippen molar-refractivity contribution >= 4 is 11.7 Å². The second kappa shape index (κ2) is 8.43. The Hall–Kier alpha value is -2.67. The van der Waals surface area contributed by atoms with Crippen molar-refractivity contribution in [1.29, 1.82) is 0 Å². The number of benzene rings is 1. The Labute approximate surface area is 147 Å². The molecule has 0 radical (unpaired) electrons. The van der Waals surface area contributed by atoms with E-state index in [1.165, 1.54) is 6.42 Å². The first-order valence-electron chi connectivity index (χ1n) is 8.47. The number of rotatable bonds is 8. The summed E-state index contributed by atoms with van der Waals surface area (Å²) >= 11 is 0. The molecule has 1 atom stereocenters. The van der Waals surface area contributed by atoms with Crippen LogP contribution in [0.15, 0.2) is 42.6 Å². The molecule has 7 heteroatoms. The number of carbonyl (C=O) groups is 1. The number of hydrogen-bond acceptors (Lipinski definition) is 6. The lowest BCUT2D eigenvalue weighted by Gasteiger charge is -2.25. The monoisotopic (exact) mass is 341 g/mol. The normalized spacial score (nSPS) is 16.8. The second-order valence-electron chi connectivity index (χ2n) is 6.10. The summed E-state index contributed by atoms with van der Waals surface area (Å²) in [4.78, 5) is 13.0. The van der Waals surface area contributed by atoms with Gasteiger partial charge in [0.1, 0.15) is 5.75 Å². The third-order valence-corrected chi connectivity index (χ3v) is 4.24. The van der Waals surface area contributed by atoms with Crippen LogP contribution < -0.4 is 20.7 Å². The van der Waals surface area contributed by atoms with E-state index in [1.807, 2.05) is 36.4 Å². The molecule has 2 heterocycles.